The summed E-state index contributed by atoms with van der Waals surface area (Å²) in [5.74, 6) is 0.140. The number of amides is 2. The standard InChI is InChI=1S/C19H30N4O2/c1-16(14-23-11-9-21(2)10-12-23)13-20-18(24)15-22(3)19(25)17-7-5-4-6-8-17/h4-8,16H,9-15H2,1-3H3,(H,20,24). The van der Waals surface area contributed by atoms with Crippen LogP contribution < -0.4 is 5.32 Å². The lowest BCUT2D eigenvalue weighted by Crippen LogP contribution is -2.47. The first-order chi connectivity index (χ1) is 12.0. The summed E-state index contributed by atoms with van der Waals surface area (Å²) in [6, 6.07) is 9.03. The van der Waals surface area contributed by atoms with Crippen LogP contribution in [0.1, 0.15) is 17.3 Å². The number of likely N-dealkylation sites (N-methyl/N-ethyl adjacent to an activating group) is 2. The maximum Gasteiger partial charge on any atom is 0.254 e. The first-order valence-electron chi connectivity index (χ1n) is 8.94. The fourth-order valence-corrected chi connectivity index (χ4v) is 2.97. The fourth-order valence-electron chi connectivity index (χ4n) is 2.97. The summed E-state index contributed by atoms with van der Waals surface area (Å²) in [7, 11) is 3.80. The lowest BCUT2D eigenvalue weighted by Gasteiger charge is -2.34. The Morgan fingerprint density at radius 1 is 1.16 bits per heavy atom. The van der Waals surface area contributed by atoms with E-state index in [4.69, 9.17) is 0 Å². The molecular weight excluding hydrogens is 316 g/mol. The third-order valence-electron chi connectivity index (χ3n) is 4.56. The average molecular weight is 346 g/mol. The summed E-state index contributed by atoms with van der Waals surface area (Å²) in [6.45, 7) is 8.24. The third-order valence-corrected chi connectivity index (χ3v) is 4.56. The van der Waals surface area contributed by atoms with Gasteiger partial charge in [0.25, 0.3) is 5.91 Å². The van der Waals surface area contributed by atoms with Gasteiger partial charge in [-0.15, -0.1) is 0 Å². The van der Waals surface area contributed by atoms with Crippen LogP contribution in [0.3, 0.4) is 0 Å². The fraction of sp³-hybridized carbons (Fsp3) is 0.579. The highest BCUT2D eigenvalue weighted by molar-refractivity contribution is 5.96. The Labute approximate surface area is 150 Å². The van der Waals surface area contributed by atoms with Crippen LogP contribution in [-0.2, 0) is 4.79 Å². The van der Waals surface area contributed by atoms with Gasteiger partial charge in [-0.05, 0) is 25.1 Å². The number of nitrogens with one attached hydrogen (secondary N) is 1. The van der Waals surface area contributed by atoms with E-state index in [1.54, 1.807) is 19.2 Å². The first-order valence-corrected chi connectivity index (χ1v) is 8.94. The predicted octanol–water partition coefficient (Wildman–Crippen LogP) is 0.758. The minimum Gasteiger partial charge on any atom is -0.354 e. The molecule has 0 spiro atoms. The molecule has 1 aliphatic rings. The Bertz CT molecular complexity index is 556. The third kappa shape index (κ3) is 6.48. The largest absolute Gasteiger partial charge is 0.354 e. The van der Waals surface area contributed by atoms with Gasteiger partial charge in [0.1, 0.15) is 0 Å². The molecule has 0 aromatic heterocycles. The van der Waals surface area contributed by atoms with E-state index in [0.717, 1.165) is 32.7 Å². The van der Waals surface area contributed by atoms with Gasteiger partial charge in [0, 0.05) is 51.9 Å². The van der Waals surface area contributed by atoms with Crippen molar-refractivity contribution in [3.63, 3.8) is 0 Å². The van der Waals surface area contributed by atoms with Crippen molar-refractivity contribution in [2.24, 2.45) is 5.92 Å². The summed E-state index contributed by atoms with van der Waals surface area (Å²) in [5.41, 5.74) is 0.598. The maximum atomic E-state index is 12.2. The topological polar surface area (TPSA) is 55.9 Å². The Morgan fingerprint density at radius 3 is 2.44 bits per heavy atom. The SMILES string of the molecule is CC(CNC(=O)CN(C)C(=O)c1ccccc1)CN1CCN(C)CC1. The Balaban J connectivity index is 1.68. The number of benzene rings is 1. The van der Waals surface area contributed by atoms with Crippen molar-refractivity contribution in [2.75, 3.05) is 59.9 Å². The van der Waals surface area contributed by atoms with Crippen molar-refractivity contribution in [3.8, 4) is 0 Å². The van der Waals surface area contributed by atoms with Gasteiger partial charge in [-0.1, -0.05) is 25.1 Å². The highest BCUT2D eigenvalue weighted by atomic mass is 16.2. The molecule has 0 radical (unpaired) electrons. The van der Waals surface area contributed by atoms with E-state index in [-0.39, 0.29) is 18.4 Å². The number of piperazine rings is 1. The molecule has 6 heteroatoms. The molecule has 25 heavy (non-hydrogen) atoms. The summed E-state index contributed by atoms with van der Waals surface area (Å²) >= 11 is 0. The number of carbonyl (C=O) groups excluding carboxylic acids is 2. The zero-order chi connectivity index (χ0) is 18.2. The van der Waals surface area contributed by atoms with Gasteiger partial charge in [-0.3, -0.25) is 9.59 Å². The highest BCUT2D eigenvalue weighted by Crippen LogP contribution is 2.05. The molecule has 138 valence electrons. The smallest absolute Gasteiger partial charge is 0.254 e. The number of nitrogens with zero attached hydrogens (tertiary/aromatic N) is 3. The zero-order valence-electron chi connectivity index (χ0n) is 15.6. The van der Waals surface area contributed by atoms with Gasteiger partial charge in [-0.25, -0.2) is 0 Å². The van der Waals surface area contributed by atoms with Crippen LogP contribution in [0.15, 0.2) is 30.3 Å². The number of hydrogen-bond donors (Lipinski definition) is 1. The minimum atomic E-state index is -0.138. The molecule has 2 amide bonds. The first kappa shape index (κ1) is 19.4. The molecule has 2 rings (SSSR count). The molecule has 1 aromatic carbocycles. The molecule has 6 nitrogen and oxygen atoms in total. The van der Waals surface area contributed by atoms with E-state index in [2.05, 4.69) is 29.1 Å². The summed E-state index contributed by atoms with van der Waals surface area (Å²) in [4.78, 5) is 30.6. The van der Waals surface area contributed by atoms with Crippen molar-refractivity contribution in [1.82, 2.24) is 20.0 Å². The second-order valence-electron chi connectivity index (χ2n) is 7.04. The molecule has 0 bridgehead atoms. The van der Waals surface area contributed by atoms with E-state index >= 15 is 0 Å². The van der Waals surface area contributed by atoms with Crippen LogP contribution in [0, 0.1) is 5.92 Å². The average Bonchev–Trinajstić information content (AvgIpc) is 2.62. The minimum absolute atomic E-state index is 0.0783. The van der Waals surface area contributed by atoms with Gasteiger partial charge in [0.15, 0.2) is 0 Å². The van der Waals surface area contributed by atoms with Gasteiger partial charge in [-0.2, -0.15) is 0 Å². The lowest BCUT2D eigenvalue weighted by atomic mass is 10.1. The molecule has 0 saturated carbocycles. The van der Waals surface area contributed by atoms with Gasteiger partial charge in [0.05, 0.1) is 6.54 Å². The second-order valence-corrected chi connectivity index (χ2v) is 7.04. The Hall–Kier alpha value is -1.92. The zero-order valence-corrected chi connectivity index (χ0v) is 15.6. The summed E-state index contributed by atoms with van der Waals surface area (Å²) < 4.78 is 0. The Morgan fingerprint density at radius 2 is 1.80 bits per heavy atom. The normalized spacial score (nSPS) is 17.1. The maximum absolute atomic E-state index is 12.2. The van der Waals surface area contributed by atoms with Crippen LogP contribution in [0.4, 0.5) is 0 Å². The molecule has 1 atom stereocenters. The molecule has 1 aliphatic heterocycles. The van der Waals surface area contributed by atoms with Crippen molar-refractivity contribution in [3.05, 3.63) is 35.9 Å². The lowest BCUT2D eigenvalue weighted by molar-refractivity contribution is -0.121. The molecule has 1 fully saturated rings. The van der Waals surface area contributed by atoms with Gasteiger partial charge in [0.2, 0.25) is 5.91 Å². The van der Waals surface area contributed by atoms with E-state index in [1.165, 1.54) is 4.90 Å². The quantitative estimate of drug-likeness (QED) is 0.792. The van der Waals surface area contributed by atoms with Crippen molar-refractivity contribution in [2.45, 2.75) is 6.92 Å². The van der Waals surface area contributed by atoms with E-state index in [1.807, 2.05) is 18.2 Å². The molecule has 0 aliphatic carbocycles. The molecule has 1 unspecified atom stereocenters. The van der Waals surface area contributed by atoms with Crippen LogP contribution in [-0.4, -0.2) is 86.4 Å². The molecule has 1 heterocycles. The molecule has 1 aromatic rings. The van der Waals surface area contributed by atoms with Crippen molar-refractivity contribution < 1.29 is 9.59 Å². The summed E-state index contributed by atoms with van der Waals surface area (Å²) in [5, 5.41) is 2.95. The summed E-state index contributed by atoms with van der Waals surface area (Å²) in [6.07, 6.45) is 0. The van der Waals surface area contributed by atoms with Crippen LogP contribution >= 0.6 is 0 Å². The number of hydrogen-bond acceptors (Lipinski definition) is 4. The van der Waals surface area contributed by atoms with Gasteiger partial charge < -0.3 is 20.0 Å². The monoisotopic (exact) mass is 346 g/mol. The van der Waals surface area contributed by atoms with E-state index in [9.17, 15) is 9.59 Å². The van der Waals surface area contributed by atoms with Crippen molar-refractivity contribution in [1.29, 1.82) is 0 Å². The number of carbonyl (C=O) groups is 2. The van der Waals surface area contributed by atoms with Crippen molar-refractivity contribution >= 4 is 11.8 Å². The van der Waals surface area contributed by atoms with Crippen LogP contribution in [0.5, 0.6) is 0 Å². The van der Waals surface area contributed by atoms with Gasteiger partial charge >= 0.3 is 0 Å². The predicted molar refractivity (Wildman–Crippen MR) is 99.5 cm³/mol. The van der Waals surface area contributed by atoms with E-state index < -0.39 is 0 Å². The second kappa shape index (κ2) is 9.53. The number of rotatable bonds is 7. The molecule has 1 N–H and O–H groups in total. The highest BCUT2D eigenvalue weighted by Gasteiger charge is 2.18. The van der Waals surface area contributed by atoms with Crippen LogP contribution in [0.25, 0.3) is 0 Å². The molecule has 1 saturated heterocycles. The Kier molecular flexibility index (Phi) is 7.40. The van der Waals surface area contributed by atoms with E-state index in [0.29, 0.717) is 18.0 Å². The molecular formula is C19H30N4O2. The van der Waals surface area contributed by atoms with Crippen LogP contribution in [0.2, 0.25) is 0 Å².